The topological polar surface area (TPSA) is 64.6 Å². The molecule has 1 amide bonds. The van der Waals surface area contributed by atoms with E-state index in [0.29, 0.717) is 28.8 Å². The van der Waals surface area contributed by atoms with Crippen LogP contribution in [0.15, 0.2) is 42.5 Å². The zero-order valence-electron chi connectivity index (χ0n) is 15.8. The van der Waals surface area contributed by atoms with Gasteiger partial charge in [-0.15, -0.1) is 0 Å². The number of carbonyl (C=O) groups is 2. The molecule has 0 aliphatic heterocycles. The molecule has 2 aromatic rings. The molecule has 1 atom stereocenters. The average molecular weight is 424 g/mol. The van der Waals surface area contributed by atoms with Crippen LogP contribution in [0.3, 0.4) is 0 Å². The predicted molar refractivity (Wildman–Crippen MR) is 110 cm³/mol. The number of hydrogen-bond donors (Lipinski definition) is 1. The molecule has 2 rings (SSSR count). The molecular formula is C21H23Cl2NO4. The molecule has 28 heavy (non-hydrogen) atoms. The van der Waals surface area contributed by atoms with Gasteiger partial charge in [0.15, 0.2) is 6.10 Å². The predicted octanol–water partition coefficient (Wildman–Crippen LogP) is 4.71. The third kappa shape index (κ3) is 7.06. The summed E-state index contributed by atoms with van der Waals surface area (Å²) in [7, 11) is 0. The SMILES string of the molecule is Cc1cc(OCCCC(=O)OC(C)C(=O)NCc2ccccc2Cl)ccc1Cl. The lowest BCUT2D eigenvalue weighted by Gasteiger charge is -2.14. The van der Waals surface area contributed by atoms with Gasteiger partial charge in [0.25, 0.3) is 5.91 Å². The highest BCUT2D eigenvalue weighted by molar-refractivity contribution is 6.31. The Bertz CT molecular complexity index is 826. The summed E-state index contributed by atoms with van der Waals surface area (Å²) >= 11 is 12.0. The van der Waals surface area contributed by atoms with Crippen molar-refractivity contribution in [2.24, 2.45) is 0 Å². The quantitative estimate of drug-likeness (QED) is 0.468. The average Bonchev–Trinajstić information content (AvgIpc) is 2.67. The maximum Gasteiger partial charge on any atom is 0.306 e. The molecule has 2 aromatic carbocycles. The molecule has 0 spiro atoms. The van der Waals surface area contributed by atoms with Gasteiger partial charge < -0.3 is 14.8 Å². The number of hydrogen-bond acceptors (Lipinski definition) is 4. The Kier molecular flexibility index (Phi) is 8.61. The first-order chi connectivity index (χ1) is 13.4. The number of nitrogens with one attached hydrogen (secondary N) is 1. The first-order valence-electron chi connectivity index (χ1n) is 8.96. The second kappa shape index (κ2) is 10.9. The molecule has 0 bridgehead atoms. The van der Waals surface area contributed by atoms with Crippen LogP contribution < -0.4 is 10.1 Å². The van der Waals surface area contributed by atoms with E-state index in [-0.39, 0.29) is 18.9 Å². The van der Waals surface area contributed by atoms with Gasteiger partial charge in [0.05, 0.1) is 6.61 Å². The van der Waals surface area contributed by atoms with Gasteiger partial charge in [0, 0.05) is 23.0 Å². The molecule has 0 fully saturated rings. The first-order valence-corrected chi connectivity index (χ1v) is 9.72. The summed E-state index contributed by atoms with van der Waals surface area (Å²) in [6.45, 7) is 4.07. The van der Waals surface area contributed by atoms with Crippen molar-refractivity contribution < 1.29 is 19.1 Å². The summed E-state index contributed by atoms with van der Waals surface area (Å²) in [5.74, 6) is -0.125. The molecule has 150 valence electrons. The van der Waals surface area contributed by atoms with Gasteiger partial charge in [-0.25, -0.2) is 0 Å². The smallest absolute Gasteiger partial charge is 0.306 e. The fraction of sp³-hybridized carbons (Fsp3) is 0.333. The molecule has 0 aliphatic carbocycles. The van der Waals surface area contributed by atoms with E-state index in [0.717, 1.165) is 11.1 Å². The van der Waals surface area contributed by atoms with Gasteiger partial charge in [-0.05, 0) is 55.7 Å². The summed E-state index contributed by atoms with van der Waals surface area (Å²) in [5.41, 5.74) is 1.72. The van der Waals surface area contributed by atoms with E-state index in [1.807, 2.05) is 31.2 Å². The van der Waals surface area contributed by atoms with E-state index in [1.165, 1.54) is 6.92 Å². The van der Waals surface area contributed by atoms with Gasteiger partial charge in [0.1, 0.15) is 5.75 Å². The Labute approximate surface area is 174 Å². The minimum absolute atomic E-state index is 0.161. The fourth-order valence-corrected chi connectivity index (χ4v) is 2.71. The van der Waals surface area contributed by atoms with Gasteiger partial charge >= 0.3 is 5.97 Å². The van der Waals surface area contributed by atoms with Crippen molar-refractivity contribution in [1.82, 2.24) is 5.32 Å². The Morgan fingerprint density at radius 2 is 1.86 bits per heavy atom. The third-order valence-electron chi connectivity index (χ3n) is 4.01. The van der Waals surface area contributed by atoms with Crippen molar-refractivity contribution in [2.45, 2.75) is 39.3 Å². The highest BCUT2D eigenvalue weighted by Gasteiger charge is 2.17. The van der Waals surface area contributed by atoms with Crippen LogP contribution in [0.1, 0.15) is 30.9 Å². The lowest BCUT2D eigenvalue weighted by atomic mass is 10.2. The molecule has 0 aromatic heterocycles. The van der Waals surface area contributed by atoms with E-state index in [9.17, 15) is 9.59 Å². The van der Waals surface area contributed by atoms with Crippen LogP contribution in [-0.2, 0) is 20.9 Å². The summed E-state index contributed by atoms with van der Waals surface area (Å²) in [5, 5.41) is 3.96. The number of carbonyl (C=O) groups excluding carboxylic acids is 2. The molecule has 5 nitrogen and oxygen atoms in total. The van der Waals surface area contributed by atoms with Crippen LogP contribution in [0.4, 0.5) is 0 Å². The normalized spacial score (nSPS) is 11.6. The van der Waals surface area contributed by atoms with Gasteiger partial charge in [-0.1, -0.05) is 41.4 Å². The summed E-state index contributed by atoms with van der Waals surface area (Å²) in [6.07, 6.45) is -0.238. The highest BCUT2D eigenvalue weighted by atomic mass is 35.5. The number of ether oxygens (including phenoxy) is 2. The number of aryl methyl sites for hydroxylation is 1. The zero-order chi connectivity index (χ0) is 20.5. The molecule has 0 heterocycles. The molecular weight excluding hydrogens is 401 g/mol. The summed E-state index contributed by atoms with van der Waals surface area (Å²) in [6, 6.07) is 12.6. The molecule has 1 unspecified atom stereocenters. The summed E-state index contributed by atoms with van der Waals surface area (Å²) < 4.78 is 10.7. The lowest BCUT2D eigenvalue weighted by molar-refractivity contribution is -0.155. The highest BCUT2D eigenvalue weighted by Crippen LogP contribution is 2.21. The van der Waals surface area contributed by atoms with Crippen LogP contribution in [-0.4, -0.2) is 24.6 Å². The van der Waals surface area contributed by atoms with E-state index in [4.69, 9.17) is 32.7 Å². The van der Waals surface area contributed by atoms with E-state index < -0.39 is 12.1 Å². The zero-order valence-corrected chi connectivity index (χ0v) is 17.3. The minimum atomic E-state index is -0.880. The van der Waals surface area contributed by atoms with Crippen LogP contribution in [0.5, 0.6) is 5.75 Å². The van der Waals surface area contributed by atoms with Crippen LogP contribution in [0.2, 0.25) is 10.0 Å². The van der Waals surface area contributed by atoms with Crippen molar-refractivity contribution in [3.8, 4) is 5.75 Å². The molecule has 0 aliphatic rings. The van der Waals surface area contributed by atoms with E-state index >= 15 is 0 Å². The lowest BCUT2D eigenvalue weighted by Crippen LogP contribution is -2.35. The molecule has 0 radical (unpaired) electrons. The third-order valence-corrected chi connectivity index (χ3v) is 4.80. The second-order valence-electron chi connectivity index (χ2n) is 6.30. The van der Waals surface area contributed by atoms with Crippen molar-refractivity contribution >= 4 is 35.1 Å². The standard InChI is InChI=1S/C21H23Cl2NO4/c1-14-12-17(9-10-18(14)22)27-11-5-8-20(25)28-15(2)21(26)24-13-16-6-3-4-7-19(16)23/h3-4,6-7,9-10,12,15H,5,8,11,13H2,1-2H3,(H,24,26). The molecule has 7 heteroatoms. The van der Waals surface area contributed by atoms with Gasteiger partial charge in [0.2, 0.25) is 0 Å². The second-order valence-corrected chi connectivity index (χ2v) is 7.12. The van der Waals surface area contributed by atoms with Crippen LogP contribution >= 0.6 is 23.2 Å². The number of benzene rings is 2. The Hall–Kier alpha value is -2.24. The van der Waals surface area contributed by atoms with Gasteiger partial charge in [-0.3, -0.25) is 9.59 Å². The molecule has 0 saturated carbocycles. The van der Waals surface area contributed by atoms with E-state index in [2.05, 4.69) is 5.32 Å². The first kappa shape index (κ1) is 22.1. The maximum atomic E-state index is 12.1. The minimum Gasteiger partial charge on any atom is -0.494 e. The van der Waals surface area contributed by atoms with Crippen LogP contribution in [0, 0.1) is 6.92 Å². The maximum absolute atomic E-state index is 12.1. The molecule has 0 saturated heterocycles. The van der Waals surface area contributed by atoms with Crippen molar-refractivity contribution in [1.29, 1.82) is 0 Å². The Balaban J connectivity index is 1.66. The Morgan fingerprint density at radius 1 is 1.11 bits per heavy atom. The number of rotatable bonds is 9. The van der Waals surface area contributed by atoms with E-state index in [1.54, 1.807) is 18.2 Å². The fourth-order valence-electron chi connectivity index (χ4n) is 2.39. The van der Waals surface area contributed by atoms with Crippen LogP contribution in [0.25, 0.3) is 0 Å². The van der Waals surface area contributed by atoms with Gasteiger partial charge in [-0.2, -0.15) is 0 Å². The number of halogens is 2. The molecule has 1 N–H and O–H groups in total. The number of amides is 1. The number of esters is 1. The monoisotopic (exact) mass is 423 g/mol. The van der Waals surface area contributed by atoms with Crippen molar-refractivity contribution in [3.05, 3.63) is 63.6 Å². The van der Waals surface area contributed by atoms with Crippen molar-refractivity contribution in [3.63, 3.8) is 0 Å². The summed E-state index contributed by atoms with van der Waals surface area (Å²) in [4.78, 5) is 24.0. The van der Waals surface area contributed by atoms with Crippen molar-refractivity contribution in [2.75, 3.05) is 6.61 Å². The largest absolute Gasteiger partial charge is 0.494 e. The Morgan fingerprint density at radius 3 is 2.57 bits per heavy atom.